The summed E-state index contributed by atoms with van der Waals surface area (Å²) in [4.78, 5) is 0. The van der Waals surface area contributed by atoms with E-state index >= 15 is 0 Å². The molecule has 0 fully saturated rings. The summed E-state index contributed by atoms with van der Waals surface area (Å²) in [5.74, 6) is 0. The molecular formula is C16H15BrN2. The summed E-state index contributed by atoms with van der Waals surface area (Å²) in [7, 11) is 0. The van der Waals surface area contributed by atoms with Gasteiger partial charge in [0.1, 0.15) is 0 Å². The molecule has 2 nitrogen and oxygen atoms in total. The molecule has 0 saturated heterocycles. The van der Waals surface area contributed by atoms with Crippen LogP contribution in [0.25, 0.3) is 16.8 Å². The number of pyridine rings is 1. The van der Waals surface area contributed by atoms with Crippen LogP contribution < -0.4 is 5.73 Å². The van der Waals surface area contributed by atoms with Gasteiger partial charge >= 0.3 is 0 Å². The van der Waals surface area contributed by atoms with Crippen molar-refractivity contribution < 1.29 is 0 Å². The van der Waals surface area contributed by atoms with E-state index in [-0.39, 0.29) is 0 Å². The van der Waals surface area contributed by atoms with Gasteiger partial charge in [0.25, 0.3) is 0 Å². The Bertz CT molecular complexity index is 744. The molecule has 1 aromatic carbocycles. The fourth-order valence-corrected chi connectivity index (χ4v) is 3.01. The Morgan fingerprint density at radius 2 is 2.00 bits per heavy atom. The largest absolute Gasteiger partial charge is 0.326 e. The van der Waals surface area contributed by atoms with Crippen LogP contribution in [0.5, 0.6) is 0 Å². The van der Waals surface area contributed by atoms with Crippen molar-refractivity contribution in [1.82, 2.24) is 4.40 Å². The van der Waals surface area contributed by atoms with E-state index in [1.165, 1.54) is 22.3 Å². The summed E-state index contributed by atoms with van der Waals surface area (Å²) in [5, 5.41) is 0. The van der Waals surface area contributed by atoms with E-state index in [9.17, 15) is 0 Å². The number of hydrogen-bond acceptors (Lipinski definition) is 1. The molecule has 3 rings (SSSR count). The van der Waals surface area contributed by atoms with Gasteiger partial charge in [0.05, 0.1) is 11.2 Å². The number of nitrogens with two attached hydrogens (primary N) is 1. The van der Waals surface area contributed by atoms with Crippen molar-refractivity contribution in [2.45, 2.75) is 13.5 Å². The molecule has 3 heteroatoms. The van der Waals surface area contributed by atoms with E-state index in [1.807, 2.05) is 0 Å². The smallest absolute Gasteiger partial charge is 0.0601 e. The summed E-state index contributed by atoms with van der Waals surface area (Å²) in [6.07, 6.45) is 2.09. The van der Waals surface area contributed by atoms with Crippen molar-refractivity contribution in [3.63, 3.8) is 0 Å². The van der Waals surface area contributed by atoms with Gasteiger partial charge in [-0.25, -0.2) is 0 Å². The fraction of sp³-hybridized carbons (Fsp3) is 0.125. The number of hydrogen-bond donors (Lipinski definition) is 1. The maximum absolute atomic E-state index is 5.74. The van der Waals surface area contributed by atoms with E-state index in [4.69, 9.17) is 5.73 Å². The summed E-state index contributed by atoms with van der Waals surface area (Å²) >= 11 is 3.69. The molecule has 0 aliphatic heterocycles. The van der Waals surface area contributed by atoms with Crippen LogP contribution in [-0.4, -0.2) is 4.40 Å². The van der Waals surface area contributed by atoms with Gasteiger partial charge in [0.2, 0.25) is 0 Å². The maximum Gasteiger partial charge on any atom is 0.0601 e. The molecule has 0 unspecified atom stereocenters. The van der Waals surface area contributed by atoms with Crippen LogP contribution in [0.1, 0.15) is 11.1 Å². The predicted molar refractivity (Wildman–Crippen MR) is 83.2 cm³/mol. The lowest BCUT2D eigenvalue weighted by atomic mass is 10.1. The number of rotatable bonds is 2. The number of halogens is 1. The maximum atomic E-state index is 5.74. The van der Waals surface area contributed by atoms with Gasteiger partial charge in [-0.1, -0.05) is 24.3 Å². The van der Waals surface area contributed by atoms with E-state index in [0.717, 1.165) is 10.0 Å². The van der Waals surface area contributed by atoms with Crippen molar-refractivity contribution in [2.24, 2.45) is 5.73 Å². The standard InChI is InChI=1S/C16H15BrN2/c1-11-15(17)14-7-2-3-8-19(14)16(11)13-6-4-5-12(9-13)10-18/h2-9H,10,18H2,1H3. The van der Waals surface area contributed by atoms with Crippen LogP contribution >= 0.6 is 15.9 Å². The first-order valence-electron chi connectivity index (χ1n) is 6.27. The third-order valence-electron chi connectivity index (χ3n) is 3.45. The second-order valence-electron chi connectivity index (χ2n) is 4.65. The Hall–Kier alpha value is -1.58. The highest BCUT2D eigenvalue weighted by Gasteiger charge is 2.14. The van der Waals surface area contributed by atoms with Crippen molar-refractivity contribution >= 4 is 21.4 Å². The van der Waals surface area contributed by atoms with E-state index < -0.39 is 0 Å². The number of fused-ring (bicyclic) bond motifs is 1. The normalized spacial score (nSPS) is 11.1. The Morgan fingerprint density at radius 3 is 2.79 bits per heavy atom. The van der Waals surface area contributed by atoms with Gasteiger partial charge in [-0.3, -0.25) is 0 Å². The van der Waals surface area contributed by atoms with E-state index in [0.29, 0.717) is 6.54 Å². The highest BCUT2D eigenvalue weighted by atomic mass is 79.9. The van der Waals surface area contributed by atoms with Crippen LogP contribution in [0.15, 0.2) is 53.1 Å². The van der Waals surface area contributed by atoms with Crippen LogP contribution in [0.2, 0.25) is 0 Å². The molecule has 0 aliphatic rings. The van der Waals surface area contributed by atoms with Crippen molar-refractivity contribution in [3.8, 4) is 11.3 Å². The Labute approximate surface area is 121 Å². The van der Waals surface area contributed by atoms with Crippen LogP contribution in [-0.2, 0) is 6.54 Å². The zero-order valence-corrected chi connectivity index (χ0v) is 12.3. The minimum absolute atomic E-state index is 0.567. The molecule has 0 bridgehead atoms. The van der Waals surface area contributed by atoms with Gasteiger partial charge in [0, 0.05) is 17.2 Å². The highest BCUT2D eigenvalue weighted by Crippen LogP contribution is 2.34. The second-order valence-corrected chi connectivity index (χ2v) is 5.44. The Kier molecular flexibility index (Phi) is 3.17. The third-order valence-corrected chi connectivity index (χ3v) is 4.45. The Balaban J connectivity index is 2.32. The van der Waals surface area contributed by atoms with Gasteiger partial charge < -0.3 is 10.1 Å². The Morgan fingerprint density at radius 1 is 1.16 bits per heavy atom. The minimum Gasteiger partial charge on any atom is -0.326 e. The molecule has 0 atom stereocenters. The fourth-order valence-electron chi connectivity index (χ4n) is 2.49. The third kappa shape index (κ3) is 1.99. The van der Waals surface area contributed by atoms with Crippen LogP contribution in [0.4, 0.5) is 0 Å². The summed E-state index contributed by atoms with van der Waals surface area (Å²) < 4.78 is 3.37. The van der Waals surface area contributed by atoms with E-state index in [2.05, 4.69) is 75.9 Å². The lowest BCUT2D eigenvalue weighted by molar-refractivity contribution is 1.07. The number of benzene rings is 1. The van der Waals surface area contributed by atoms with Crippen LogP contribution in [0, 0.1) is 6.92 Å². The molecule has 2 N–H and O–H groups in total. The molecule has 0 spiro atoms. The zero-order chi connectivity index (χ0) is 13.4. The molecule has 0 saturated carbocycles. The SMILES string of the molecule is Cc1c(Br)c2ccccn2c1-c1cccc(CN)c1. The summed E-state index contributed by atoms with van der Waals surface area (Å²) in [6.45, 7) is 2.71. The molecule has 2 aromatic heterocycles. The number of aromatic nitrogens is 1. The zero-order valence-electron chi connectivity index (χ0n) is 10.7. The summed E-state index contributed by atoms with van der Waals surface area (Å²) in [5.41, 5.74) is 11.7. The first-order valence-corrected chi connectivity index (χ1v) is 7.06. The van der Waals surface area contributed by atoms with Gasteiger partial charge in [-0.15, -0.1) is 0 Å². The van der Waals surface area contributed by atoms with Crippen LogP contribution in [0.3, 0.4) is 0 Å². The second kappa shape index (κ2) is 4.83. The first kappa shape index (κ1) is 12.5. The van der Waals surface area contributed by atoms with Crippen molar-refractivity contribution in [1.29, 1.82) is 0 Å². The van der Waals surface area contributed by atoms with Gasteiger partial charge in [-0.05, 0) is 57.7 Å². The molecule has 3 aromatic rings. The van der Waals surface area contributed by atoms with Crippen molar-refractivity contribution in [3.05, 3.63) is 64.3 Å². The average Bonchev–Trinajstić information content (AvgIpc) is 2.72. The molecule has 96 valence electrons. The highest BCUT2D eigenvalue weighted by molar-refractivity contribution is 9.10. The molecule has 0 aliphatic carbocycles. The molecule has 0 amide bonds. The molecule has 2 heterocycles. The minimum atomic E-state index is 0.567. The topological polar surface area (TPSA) is 30.4 Å². The first-order chi connectivity index (χ1) is 9.22. The van der Waals surface area contributed by atoms with Gasteiger partial charge in [0.15, 0.2) is 0 Å². The van der Waals surface area contributed by atoms with Crippen molar-refractivity contribution in [2.75, 3.05) is 0 Å². The average molecular weight is 315 g/mol. The lowest BCUT2D eigenvalue weighted by Gasteiger charge is -2.06. The van der Waals surface area contributed by atoms with E-state index in [1.54, 1.807) is 0 Å². The number of nitrogens with zero attached hydrogens (tertiary/aromatic N) is 1. The molecule has 19 heavy (non-hydrogen) atoms. The summed E-state index contributed by atoms with van der Waals surface area (Å²) in [6, 6.07) is 14.6. The predicted octanol–water partition coefficient (Wildman–Crippen LogP) is 4.14. The quantitative estimate of drug-likeness (QED) is 0.757. The lowest BCUT2D eigenvalue weighted by Crippen LogP contribution is -1.96. The monoisotopic (exact) mass is 314 g/mol. The molecular weight excluding hydrogens is 300 g/mol. The molecule has 0 radical (unpaired) electrons. The van der Waals surface area contributed by atoms with Gasteiger partial charge in [-0.2, -0.15) is 0 Å².